The predicted octanol–water partition coefficient (Wildman–Crippen LogP) is 3.59. The molecule has 3 aromatic rings. The molecule has 0 saturated heterocycles. The number of nitrogens with zero attached hydrogens (tertiary/aromatic N) is 2. The highest BCUT2D eigenvalue weighted by Gasteiger charge is 2.06. The largest absolute Gasteiger partial charge is 0.460 e. The summed E-state index contributed by atoms with van der Waals surface area (Å²) in [7, 11) is 0. The third-order valence-electron chi connectivity index (χ3n) is 3.18. The van der Waals surface area contributed by atoms with Crippen LogP contribution in [0.2, 0.25) is 5.02 Å². The van der Waals surface area contributed by atoms with Crippen LogP contribution < -0.4 is 0 Å². The molecular formula is C16H14ClN3O2S. The average Bonchev–Trinajstić information content (AvgIpc) is 3.02. The van der Waals surface area contributed by atoms with E-state index in [1.165, 1.54) is 11.8 Å². The number of benzene rings is 2. The van der Waals surface area contributed by atoms with Gasteiger partial charge in [-0.1, -0.05) is 29.8 Å². The molecule has 5 nitrogen and oxygen atoms in total. The van der Waals surface area contributed by atoms with E-state index in [2.05, 4.69) is 15.4 Å². The molecule has 0 saturated carbocycles. The first-order chi connectivity index (χ1) is 11.2. The van der Waals surface area contributed by atoms with Crippen molar-refractivity contribution in [3.8, 4) is 0 Å². The van der Waals surface area contributed by atoms with Gasteiger partial charge >= 0.3 is 5.97 Å². The lowest BCUT2D eigenvalue weighted by atomic mass is 10.2. The van der Waals surface area contributed by atoms with E-state index in [1.54, 1.807) is 0 Å². The molecule has 2 aromatic carbocycles. The van der Waals surface area contributed by atoms with Crippen LogP contribution in [-0.2, 0) is 21.9 Å². The Kier molecular flexibility index (Phi) is 5.15. The van der Waals surface area contributed by atoms with Crippen molar-refractivity contribution in [2.45, 2.75) is 12.4 Å². The molecular weight excluding hydrogens is 334 g/mol. The van der Waals surface area contributed by atoms with Gasteiger partial charge in [-0.05, 0) is 35.4 Å². The molecule has 1 aromatic heterocycles. The Bertz CT molecular complexity index is 804. The standard InChI is InChI=1S/C16H14ClN3O2S/c17-13-4-1-11(2-5-13)9-23-10-16(21)22-8-12-3-6-14-15(7-12)19-20-18-14/h1-7H,8-10H2,(H,18,19,20). The predicted molar refractivity (Wildman–Crippen MR) is 91.3 cm³/mol. The third-order valence-corrected chi connectivity index (χ3v) is 4.41. The van der Waals surface area contributed by atoms with Crippen LogP contribution in [0.15, 0.2) is 42.5 Å². The van der Waals surface area contributed by atoms with Gasteiger partial charge in [0.25, 0.3) is 0 Å². The van der Waals surface area contributed by atoms with Crippen molar-refractivity contribution >= 4 is 40.4 Å². The topological polar surface area (TPSA) is 67.9 Å². The van der Waals surface area contributed by atoms with Gasteiger partial charge in [-0.25, -0.2) is 0 Å². The number of ether oxygens (including phenoxy) is 1. The van der Waals surface area contributed by atoms with Gasteiger partial charge in [0.05, 0.1) is 5.75 Å². The minimum Gasteiger partial charge on any atom is -0.460 e. The average molecular weight is 348 g/mol. The summed E-state index contributed by atoms with van der Waals surface area (Å²) in [5, 5.41) is 11.2. The molecule has 0 atom stereocenters. The molecule has 0 unspecified atom stereocenters. The Balaban J connectivity index is 1.43. The first kappa shape index (κ1) is 15.8. The zero-order valence-electron chi connectivity index (χ0n) is 12.2. The van der Waals surface area contributed by atoms with Crippen LogP contribution in [0.4, 0.5) is 0 Å². The minimum absolute atomic E-state index is 0.232. The lowest BCUT2D eigenvalue weighted by molar-refractivity contribution is -0.141. The number of hydrogen-bond acceptors (Lipinski definition) is 5. The second kappa shape index (κ2) is 7.48. The van der Waals surface area contributed by atoms with Crippen LogP contribution in [0.3, 0.4) is 0 Å². The maximum Gasteiger partial charge on any atom is 0.316 e. The number of carbonyl (C=O) groups is 1. The van der Waals surface area contributed by atoms with Crippen molar-refractivity contribution in [3.63, 3.8) is 0 Å². The molecule has 0 radical (unpaired) electrons. The number of hydrogen-bond donors (Lipinski definition) is 1. The molecule has 0 bridgehead atoms. The number of rotatable bonds is 6. The fourth-order valence-electron chi connectivity index (χ4n) is 2.01. The summed E-state index contributed by atoms with van der Waals surface area (Å²) >= 11 is 7.35. The molecule has 0 aliphatic rings. The van der Waals surface area contributed by atoms with E-state index in [1.807, 2.05) is 42.5 Å². The summed E-state index contributed by atoms with van der Waals surface area (Å²) in [5.41, 5.74) is 3.57. The Morgan fingerprint density at radius 1 is 1.09 bits per heavy atom. The van der Waals surface area contributed by atoms with Gasteiger partial charge in [-0.15, -0.1) is 11.8 Å². The lowest BCUT2D eigenvalue weighted by Gasteiger charge is -2.05. The van der Waals surface area contributed by atoms with Crippen LogP contribution in [-0.4, -0.2) is 27.1 Å². The summed E-state index contributed by atoms with van der Waals surface area (Å²) in [6.45, 7) is 0.239. The first-order valence-electron chi connectivity index (χ1n) is 6.98. The van der Waals surface area contributed by atoms with Gasteiger partial charge in [-0.3, -0.25) is 4.79 Å². The normalized spacial score (nSPS) is 10.8. The van der Waals surface area contributed by atoms with Gasteiger partial charge in [0, 0.05) is 10.8 Å². The van der Waals surface area contributed by atoms with Gasteiger partial charge < -0.3 is 4.74 Å². The molecule has 1 heterocycles. The van der Waals surface area contributed by atoms with E-state index in [0.29, 0.717) is 10.8 Å². The molecule has 7 heteroatoms. The molecule has 0 spiro atoms. The van der Waals surface area contributed by atoms with Crippen LogP contribution in [0.25, 0.3) is 11.0 Å². The molecule has 0 aliphatic carbocycles. The van der Waals surface area contributed by atoms with E-state index in [4.69, 9.17) is 16.3 Å². The lowest BCUT2D eigenvalue weighted by Crippen LogP contribution is -2.07. The number of aromatic amines is 1. The van der Waals surface area contributed by atoms with Crippen molar-refractivity contribution in [3.05, 3.63) is 58.6 Å². The summed E-state index contributed by atoms with van der Waals surface area (Å²) in [6.07, 6.45) is 0. The van der Waals surface area contributed by atoms with Crippen LogP contribution in [0, 0.1) is 0 Å². The Morgan fingerprint density at radius 3 is 2.65 bits per heavy atom. The molecule has 118 valence electrons. The van der Waals surface area contributed by atoms with Gasteiger partial charge in [-0.2, -0.15) is 15.4 Å². The number of aromatic nitrogens is 3. The second-order valence-electron chi connectivity index (χ2n) is 4.93. The zero-order chi connectivity index (χ0) is 16.1. The van der Waals surface area contributed by atoms with E-state index in [0.717, 1.165) is 27.9 Å². The zero-order valence-corrected chi connectivity index (χ0v) is 13.7. The van der Waals surface area contributed by atoms with Gasteiger partial charge in [0.2, 0.25) is 0 Å². The van der Waals surface area contributed by atoms with Crippen molar-refractivity contribution in [2.75, 3.05) is 5.75 Å². The van der Waals surface area contributed by atoms with Crippen molar-refractivity contribution in [2.24, 2.45) is 0 Å². The fourth-order valence-corrected chi connectivity index (χ4v) is 2.92. The van der Waals surface area contributed by atoms with Crippen molar-refractivity contribution < 1.29 is 9.53 Å². The fraction of sp³-hybridized carbons (Fsp3) is 0.188. The van der Waals surface area contributed by atoms with Crippen LogP contribution >= 0.6 is 23.4 Å². The number of H-pyrrole nitrogens is 1. The number of halogens is 1. The molecule has 23 heavy (non-hydrogen) atoms. The summed E-state index contributed by atoms with van der Waals surface area (Å²) in [6, 6.07) is 13.2. The number of esters is 1. The molecule has 0 aliphatic heterocycles. The first-order valence-corrected chi connectivity index (χ1v) is 8.51. The van der Waals surface area contributed by atoms with Crippen LogP contribution in [0.5, 0.6) is 0 Å². The maximum absolute atomic E-state index is 11.8. The van der Waals surface area contributed by atoms with E-state index < -0.39 is 0 Å². The van der Waals surface area contributed by atoms with Crippen LogP contribution in [0.1, 0.15) is 11.1 Å². The smallest absolute Gasteiger partial charge is 0.316 e. The SMILES string of the molecule is O=C(CSCc1ccc(Cl)cc1)OCc1ccc2n[nH]nc2c1. The second-order valence-corrected chi connectivity index (χ2v) is 6.35. The summed E-state index contributed by atoms with van der Waals surface area (Å²) in [5.74, 6) is 0.829. The third kappa shape index (κ3) is 4.46. The number of fused-ring (bicyclic) bond motifs is 1. The number of nitrogens with one attached hydrogen (secondary N) is 1. The number of carbonyl (C=O) groups excluding carboxylic acids is 1. The Hall–Kier alpha value is -2.05. The molecule has 0 fully saturated rings. The summed E-state index contributed by atoms with van der Waals surface area (Å²) in [4.78, 5) is 11.8. The van der Waals surface area contributed by atoms with Crippen molar-refractivity contribution in [1.29, 1.82) is 0 Å². The maximum atomic E-state index is 11.8. The Morgan fingerprint density at radius 2 is 1.83 bits per heavy atom. The quantitative estimate of drug-likeness (QED) is 0.690. The van der Waals surface area contributed by atoms with E-state index in [-0.39, 0.29) is 12.6 Å². The highest BCUT2D eigenvalue weighted by Crippen LogP contribution is 2.16. The molecule has 3 rings (SSSR count). The molecule has 1 N–H and O–H groups in total. The van der Waals surface area contributed by atoms with Gasteiger partial charge in [0.15, 0.2) is 0 Å². The van der Waals surface area contributed by atoms with Crippen molar-refractivity contribution in [1.82, 2.24) is 15.4 Å². The van der Waals surface area contributed by atoms with E-state index >= 15 is 0 Å². The summed E-state index contributed by atoms with van der Waals surface area (Å²) < 4.78 is 5.27. The minimum atomic E-state index is -0.232. The number of thioether (sulfide) groups is 1. The highest BCUT2D eigenvalue weighted by molar-refractivity contribution is 7.99. The monoisotopic (exact) mass is 347 g/mol. The van der Waals surface area contributed by atoms with Gasteiger partial charge in [0.1, 0.15) is 17.6 Å². The molecule has 0 amide bonds. The van der Waals surface area contributed by atoms with E-state index in [9.17, 15) is 4.79 Å². The Labute approximate surface area is 142 Å². The highest BCUT2D eigenvalue weighted by atomic mass is 35.5.